The van der Waals surface area contributed by atoms with Crippen molar-refractivity contribution in [3.8, 4) is 0 Å². The summed E-state index contributed by atoms with van der Waals surface area (Å²) in [5.41, 5.74) is 7.60. The number of benzene rings is 1. The molecule has 0 aliphatic heterocycles. The van der Waals surface area contributed by atoms with Gasteiger partial charge in [-0.1, -0.05) is 18.2 Å². The first-order chi connectivity index (χ1) is 9.04. The maximum absolute atomic E-state index is 11.6. The van der Waals surface area contributed by atoms with E-state index in [0.29, 0.717) is 0 Å². The first kappa shape index (κ1) is 13.3. The molecule has 0 spiro atoms. The molecule has 2 rings (SSSR count). The van der Waals surface area contributed by atoms with Crippen molar-refractivity contribution in [2.75, 3.05) is 7.11 Å². The van der Waals surface area contributed by atoms with Crippen LogP contribution >= 0.6 is 0 Å². The number of hydrogen-bond donors (Lipinski definition) is 1. The molecule has 0 amide bonds. The van der Waals surface area contributed by atoms with Gasteiger partial charge in [-0.2, -0.15) is 0 Å². The fourth-order valence-electron chi connectivity index (χ4n) is 2.13. The predicted molar refractivity (Wildman–Crippen MR) is 71.8 cm³/mol. The van der Waals surface area contributed by atoms with Gasteiger partial charge in [0.2, 0.25) is 5.91 Å². The maximum Gasteiger partial charge on any atom is 0.307 e. The zero-order valence-electron chi connectivity index (χ0n) is 10.9. The number of carbonyl (C=O) groups is 2. The third-order valence-electron chi connectivity index (χ3n) is 3.10. The summed E-state index contributed by atoms with van der Waals surface area (Å²) in [4.78, 5) is 22.9. The number of para-hydroxylation sites is 1. The molecule has 0 aliphatic carbocycles. The van der Waals surface area contributed by atoms with Crippen molar-refractivity contribution in [1.82, 2.24) is 4.57 Å². The summed E-state index contributed by atoms with van der Waals surface area (Å²) < 4.78 is 6.16. The smallest absolute Gasteiger partial charge is 0.307 e. The van der Waals surface area contributed by atoms with Crippen molar-refractivity contribution in [2.45, 2.75) is 19.4 Å². The van der Waals surface area contributed by atoms with Gasteiger partial charge in [0.05, 0.1) is 19.0 Å². The molecule has 2 aromatic rings. The second kappa shape index (κ2) is 5.24. The molecule has 0 unspecified atom stereocenters. The van der Waals surface area contributed by atoms with E-state index in [4.69, 9.17) is 5.73 Å². The fraction of sp³-hybridized carbons (Fsp3) is 0.286. The van der Waals surface area contributed by atoms with Crippen LogP contribution in [0.25, 0.3) is 10.9 Å². The standard InChI is InChI=1S/C14H16N2O3/c1-9(17)16-8-11(12(15)7-14(18)19-2)10-5-3-4-6-13(10)16/h3-6,8,12H,7,15H2,1-2H3/t12-/m1/s1. The molecule has 1 atom stereocenters. The topological polar surface area (TPSA) is 74.3 Å². The molecule has 0 saturated heterocycles. The van der Waals surface area contributed by atoms with Gasteiger partial charge in [0.15, 0.2) is 0 Å². The first-order valence-electron chi connectivity index (χ1n) is 5.98. The Balaban J connectivity index is 2.49. The molecule has 0 fully saturated rings. The number of rotatable bonds is 3. The Hall–Kier alpha value is -2.14. The highest BCUT2D eigenvalue weighted by Gasteiger charge is 2.18. The molecule has 1 aromatic heterocycles. The van der Waals surface area contributed by atoms with E-state index >= 15 is 0 Å². The Kier molecular flexibility index (Phi) is 3.66. The number of hydrogen-bond acceptors (Lipinski definition) is 4. The molecule has 0 aliphatic rings. The largest absolute Gasteiger partial charge is 0.469 e. The Labute approximate surface area is 110 Å². The van der Waals surface area contributed by atoms with Crippen molar-refractivity contribution in [1.29, 1.82) is 0 Å². The Morgan fingerprint density at radius 3 is 2.68 bits per heavy atom. The minimum Gasteiger partial charge on any atom is -0.469 e. The van der Waals surface area contributed by atoms with Gasteiger partial charge in [-0.25, -0.2) is 0 Å². The fourth-order valence-corrected chi connectivity index (χ4v) is 2.13. The third kappa shape index (κ3) is 2.51. The van der Waals surface area contributed by atoms with Crippen molar-refractivity contribution >= 4 is 22.8 Å². The quantitative estimate of drug-likeness (QED) is 0.855. The maximum atomic E-state index is 11.6. The van der Waals surface area contributed by atoms with Crippen LogP contribution < -0.4 is 5.73 Å². The number of methoxy groups -OCH3 is 1. The van der Waals surface area contributed by atoms with Crippen molar-refractivity contribution < 1.29 is 14.3 Å². The van der Waals surface area contributed by atoms with E-state index in [9.17, 15) is 9.59 Å². The molecule has 5 nitrogen and oxygen atoms in total. The van der Waals surface area contributed by atoms with Gasteiger partial charge < -0.3 is 10.5 Å². The normalized spacial score (nSPS) is 12.4. The number of fused-ring (bicyclic) bond motifs is 1. The van der Waals surface area contributed by atoms with Crippen LogP contribution in [0.2, 0.25) is 0 Å². The van der Waals surface area contributed by atoms with Crippen molar-refractivity contribution in [3.63, 3.8) is 0 Å². The minimum absolute atomic E-state index is 0.0857. The molecular weight excluding hydrogens is 244 g/mol. The number of nitrogens with zero attached hydrogens (tertiary/aromatic N) is 1. The van der Waals surface area contributed by atoms with Crippen LogP contribution in [0.4, 0.5) is 0 Å². The first-order valence-corrected chi connectivity index (χ1v) is 5.98. The Morgan fingerprint density at radius 2 is 2.05 bits per heavy atom. The highest BCUT2D eigenvalue weighted by Crippen LogP contribution is 2.27. The molecule has 1 aromatic carbocycles. The molecule has 0 bridgehead atoms. The molecular formula is C14H16N2O3. The van der Waals surface area contributed by atoms with Gasteiger partial charge in [0, 0.05) is 24.5 Å². The molecule has 1 heterocycles. The van der Waals surface area contributed by atoms with E-state index < -0.39 is 6.04 Å². The summed E-state index contributed by atoms with van der Waals surface area (Å²) in [6.07, 6.45) is 1.78. The van der Waals surface area contributed by atoms with Gasteiger partial charge >= 0.3 is 5.97 Å². The summed E-state index contributed by atoms with van der Waals surface area (Å²) in [6.45, 7) is 1.49. The summed E-state index contributed by atoms with van der Waals surface area (Å²) in [5.74, 6) is -0.458. The number of nitrogens with two attached hydrogens (primary N) is 1. The highest BCUT2D eigenvalue weighted by atomic mass is 16.5. The van der Waals surface area contributed by atoms with Crippen molar-refractivity contribution in [3.05, 3.63) is 36.0 Å². The number of carbonyl (C=O) groups excluding carboxylic acids is 2. The SMILES string of the molecule is COC(=O)C[C@@H](N)c1cn(C(C)=O)c2ccccc12. The van der Waals surface area contributed by atoms with Crippen LogP contribution in [0.1, 0.15) is 29.7 Å². The zero-order chi connectivity index (χ0) is 14.0. The Bertz CT molecular complexity index is 631. The van der Waals surface area contributed by atoms with Gasteiger partial charge in [-0.15, -0.1) is 0 Å². The molecule has 19 heavy (non-hydrogen) atoms. The van der Waals surface area contributed by atoms with Crippen LogP contribution in [-0.2, 0) is 9.53 Å². The number of ether oxygens (including phenoxy) is 1. The zero-order valence-corrected chi connectivity index (χ0v) is 10.9. The van der Waals surface area contributed by atoms with Gasteiger partial charge in [-0.05, 0) is 11.6 Å². The van der Waals surface area contributed by atoms with Crippen LogP contribution in [-0.4, -0.2) is 23.6 Å². The lowest BCUT2D eigenvalue weighted by atomic mass is 10.0. The summed E-state index contributed by atoms with van der Waals surface area (Å²) in [5, 5.41) is 0.883. The molecule has 0 saturated carbocycles. The predicted octanol–water partition coefficient (Wildman–Crippen LogP) is 1.86. The lowest BCUT2D eigenvalue weighted by Gasteiger charge is -2.08. The van der Waals surface area contributed by atoms with E-state index in [-0.39, 0.29) is 18.3 Å². The van der Waals surface area contributed by atoms with E-state index in [0.717, 1.165) is 16.5 Å². The van der Waals surface area contributed by atoms with Gasteiger partial charge in [0.25, 0.3) is 0 Å². The van der Waals surface area contributed by atoms with Crippen LogP contribution in [0.15, 0.2) is 30.5 Å². The average molecular weight is 260 g/mol. The summed E-state index contributed by atoms with van der Waals surface area (Å²) in [7, 11) is 1.33. The van der Waals surface area contributed by atoms with Crippen LogP contribution in [0, 0.1) is 0 Å². The van der Waals surface area contributed by atoms with E-state index in [2.05, 4.69) is 4.74 Å². The number of esters is 1. The van der Waals surface area contributed by atoms with Gasteiger partial charge in [0.1, 0.15) is 0 Å². The molecule has 5 heteroatoms. The highest BCUT2D eigenvalue weighted by molar-refractivity contribution is 5.94. The lowest BCUT2D eigenvalue weighted by molar-refractivity contribution is -0.141. The second-order valence-corrected chi connectivity index (χ2v) is 4.38. The summed E-state index contributed by atoms with van der Waals surface area (Å²) in [6, 6.07) is 6.99. The van der Waals surface area contributed by atoms with E-state index in [1.807, 2.05) is 24.3 Å². The lowest BCUT2D eigenvalue weighted by Crippen LogP contribution is -2.16. The molecule has 100 valence electrons. The van der Waals surface area contributed by atoms with E-state index in [1.165, 1.54) is 14.0 Å². The monoisotopic (exact) mass is 260 g/mol. The van der Waals surface area contributed by atoms with E-state index in [1.54, 1.807) is 10.8 Å². The molecule has 0 radical (unpaired) electrons. The van der Waals surface area contributed by atoms with Crippen LogP contribution in [0.5, 0.6) is 0 Å². The summed E-state index contributed by atoms with van der Waals surface area (Å²) >= 11 is 0. The van der Waals surface area contributed by atoms with Crippen LogP contribution in [0.3, 0.4) is 0 Å². The minimum atomic E-state index is -0.488. The van der Waals surface area contributed by atoms with Crippen molar-refractivity contribution in [2.24, 2.45) is 5.73 Å². The number of aromatic nitrogens is 1. The van der Waals surface area contributed by atoms with Gasteiger partial charge in [-0.3, -0.25) is 14.2 Å². The second-order valence-electron chi connectivity index (χ2n) is 4.38. The average Bonchev–Trinajstić information content (AvgIpc) is 2.78. The Morgan fingerprint density at radius 1 is 1.37 bits per heavy atom. The third-order valence-corrected chi connectivity index (χ3v) is 3.10. The molecule has 2 N–H and O–H groups in total.